The fourth-order valence-corrected chi connectivity index (χ4v) is 2.43. The van der Waals surface area contributed by atoms with E-state index in [1.54, 1.807) is 13.8 Å². The number of ether oxygens (including phenoxy) is 2. The fraction of sp³-hybridized carbons (Fsp3) is 0.421. The zero-order valence-corrected chi connectivity index (χ0v) is 15.2. The van der Waals surface area contributed by atoms with Gasteiger partial charge in [-0.25, -0.2) is 14.8 Å². The monoisotopic (exact) mass is 343 g/mol. The van der Waals surface area contributed by atoms with E-state index in [0.29, 0.717) is 40.8 Å². The second-order valence-corrected chi connectivity index (χ2v) is 6.14. The molecule has 2 aromatic rings. The lowest BCUT2D eigenvalue weighted by Gasteiger charge is -2.15. The first kappa shape index (κ1) is 18.7. The number of nitrogen functional groups attached to an aromatic ring is 1. The third-order valence-corrected chi connectivity index (χ3v) is 3.68. The number of anilines is 1. The first-order valence-corrected chi connectivity index (χ1v) is 8.47. The van der Waals surface area contributed by atoms with E-state index < -0.39 is 5.97 Å². The van der Waals surface area contributed by atoms with Crippen molar-refractivity contribution in [2.24, 2.45) is 5.92 Å². The molecule has 1 aromatic heterocycles. The van der Waals surface area contributed by atoms with Gasteiger partial charge in [-0.15, -0.1) is 0 Å². The molecule has 134 valence electrons. The van der Waals surface area contributed by atoms with Crippen LogP contribution in [0, 0.1) is 12.8 Å². The highest BCUT2D eigenvalue weighted by molar-refractivity contribution is 5.98. The Labute approximate surface area is 148 Å². The summed E-state index contributed by atoms with van der Waals surface area (Å²) in [6.45, 7) is 8.62. The Morgan fingerprint density at radius 3 is 2.64 bits per heavy atom. The smallest absolute Gasteiger partial charge is 0.342 e. The standard InChI is InChI=1S/C19H25N3O3/c1-5-24-18(23)16-13(4)21-19(20)22-17(16)14-8-6-7-9-15(14)25-11-10-12(2)3/h6-9,12H,5,10-11H2,1-4H3,(H2,20,21,22). The molecule has 0 bridgehead atoms. The maximum Gasteiger partial charge on any atom is 0.342 e. The van der Waals surface area contributed by atoms with E-state index in [0.717, 1.165) is 6.42 Å². The number of esters is 1. The van der Waals surface area contributed by atoms with Crippen molar-refractivity contribution in [3.63, 3.8) is 0 Å². The zero-order chi connectivity index (χ0) is 18.4. The van der Waals surface area contributed by atoms with Gasteiger partial charge in [-0.2, -0.15) is 0 Å². The number of rotatable bonds is 7. The fourth-order valence-electron chi connectivity index (χ4n) is 2.43. The van der Waals surface area contributed by atoms with Gasteiger partial charge in [0, 0.05) is 5.56 Å². The van der Waals surface area contributed by atoms with Crippen LogP contribution >= 0.6 is 0 Å². The molecule has 0 radical (unpaired) electrons. The van der Waals surface area contributed by atoms with Crippen LogP contribution in [-0.2, 0) is 4.74 Å². The summed E-state index contributed by atoms with van der Waals surface area (Å²) in [6.07, 6.45) is 0.935. The van der Waals surface area contributed by atoms with Crippen LogP contribution in [0.3, 0.4) is 0 Å². The van der Waals surface area contributed by atoms with Gasteiger partial charge in [0.2, 0.25) is 5.95 Å². The molecule has 0 spiro atoms. The molecule has 2 N–H and O–H groups in total. The molecule has 0 saturated heterocycles. The number of hydrogen-bond donors (Lipinski definition) is 1. The van der Waals surface area contributed by atoms with Crippen LogP contribution in [0.15, 0.2) is 24.3 Å². The van der Waals surface area contributed by atoms with Gasteiger partial charge in [0.25, 0.3) is 0 Å². The number of para-hydroxylation sites is 1. The van der Waals surface area contributed by atoms with Crippen LogP contribution in [0.1, 0.15) is 43.2 Å². The van der Waals surface area contributed by atoms with Crippen molar-refractivity contribution in [3.05, 3.63) is 35.5 Å². The number of aryl methyl sites for hydroxylation is 1. The van der Waals surface area contributed by atoms with Crippen molar-refractivity contribution in [2.75, 3.05) is 18.9 Å². The van der Waals surface area contributed by atoms with Crippen LogP contribution in [0.25, 0.3) is 11.3 Å². The number of carbonyl (C=O) groups excluding carboxylic acids is 1. The highest BCUT2D eigenvalue weighted by atomic mass is 16.5. The summed E-state index contributed by atoms with van der Waals surface area (Å²) in [5, 5.41) is 0. The number of carbonyl (C=O) groups is 1. The molecule has 0 fully saturated rings. The Balaban J connectivity index is 2.49. The molecule has 1 aromatic carbocycles. The molecule has 1 heterocycles. The summed E-state index contributed by atoms with van der Waals surface area (Å²) >= 11 is 0. The molecule has 0 atom stereocenters. The lowest BCUT2D eigenvalue weighted by atomic mass is 10.0. The predicted molar refractivity (Wildman–Crippen MR) is 97.5 cm³/mol. The number of nitrogens with zero attached hydrogens (tertiary/aromatic N) is 2. The summed E-state index contributed by atoms with van der Waals surface area (Å²) in [5.41, 5.74) is 7.75. The van der Waals surface area contributed by atoms with Gasteiger partial charge in [-0.1, -0.05) is 26.0 Å². The minimum Gasteiger partial charge on any atom is -0.493 e. The summed E-state index contributed by atoms with van der Waals surface area (Å²) in [5.74, 6) is 0.843. The molecule has 6 nitrogen and oxygen atoms in total. The summed E-state index contributed by atoms with van der Waals surface area (Å²) in [7, 11) is 0. The van der Waals surface area contributed by atoms with Crippen LogP contribution < -0.4 is 10.5 Å². The van der Waals surface area contributed by atoms with E-state index in [-0.39, 0.29) is 12.6 Å². The minimum absolute atomic E-state index is 0.109. The normalized spacial score (nSPS) is 10.8. The Kier molecular flexibility index (Phi) is 6.33. The highest BCUT2D eigenvalue weighted by Gasteiger charge is 2.22. The Bertz CT molecular complexity index is 745. The van der Waals surface area contributed by atoms with E-state index in [1.165, 1.54) is 0 Å². The van der Waals surface area contributed by atoms with E-state index in [1.807, 2.05) is 24.3 Å². The molecule has 0 aliphatic rings. The van der Waals surface area contributed by atoms with Crippen molar-refractivity contribution in [2.45, 2.75) is 34.1 Å². The Morgan fingerprint density at radius 2 is 1.96 bits per heavy atom. The molecule has 25 heavy (non-hydrogen) atoms. The van der Waals surface area contributed by atoms with E-state index in [2.05, 4.69) is 23.8 Å². The van der Waals surface area contributed by atoms with Crippen LogP contribution in [-0.4, -0.2) is 29.2 Å². The lowest BCUT2D eigenvalue weighted by molar-refractivity contribution is 0.0525. The van der Waals surface area contributed by atoms with E-state index in [9.17, 15) is 4.79 Å². The third kappa shape index (κ3) is 4.68. The molecule has 6 heteroatoms. The number of nitrogens with two attached hydrogens (primary N) is 1. The minimum atomic E-state index is -0.466. The molecular weight excluding hydrogens is 318 g/mol. The molecule has 0 aliphatic carbocycles. The molecular formula is C19H25N3O3. The molecule has 0 amide bonds. The number of aromatic nitrogens is 2. The van der Waals surface area contributed by atoms with Crippen molar-refractivity contribution < 1.29 is 14.3 Å². The van der Waals surface area contributed by atoms with Gasteiger partial charge in [-0.3, -0.25) is 0 Å². The number of benzene rings is 1. The topological polar surface area (TPSA) is 87.3 Å². The highest BCUT2D eigenvalue weighted by Crippen LogP contribution is 2.33. The third-order valence-electron chi connectivity index (χ3n) is 3.68. The van der Waals surface area contributed by atoms with Gasteiger partial charge in [0.1, 0.15) is 11.3 Å². The second-order valence-electron chi connectivity index (χ2n) is 6.14. The SMILES string of the molecule is CCOC(=O)c1c(C)nc(N)nc1-c1ccccc1OCCC(C)C. The van der Waals surface area contributed by atoms with Gasteiger partial charge in [-0.05, 0) is 38.3 Å². The lowest BCUT2D eigenvalue weighted by Crippen LogP contribution is -2.13. The first-order valence-electron chi connectivity index (χ1n) is 8.47. The van der Waals surface area contributed by atoms with E-state index >= 15 is 0 Å². The van der Waals surface area contributed by atoms with Gasteiger partial charge < -0.3 is 15.2 Å². The summed E-state index contributed by atoms with van der Waals surface area (Å²) in [4.78, 5) is 20.8. The van der Waals surface area contributed by atoms with Crippen LogP contribution in [0.5, 0.6) is 5.75 Å². The zero-order valence-electron chi connectivity index (χ0n) is 15.2. The van der Waals surface area contributed by atoms with Crippen molar-refractivity contribution >= 4 is 11.9 Å². The second kappa shape index (κ2) is 8.46. The first-order chi connectivity index (χ1) is 11.9. The number of hydrogen-bond acceptors (Lipinski definition) is 6. The molecule has 0 saturated carbocycles. The van der Waals surface area contributed by atoms with Gasteiger partial charge in [0.15, 0.2) is 0 Å². The maximum atomic E-state index is 12.4. The largest absolute Gasteiger partial charge is 0.493 e. The quantitative estimate of drug-likeness (QED) is 0.772. The molecule has 0 aliphatic heterocycles. The predicted octanol–water partition coefficient (Wildman–Crippen LogP) is 3.64. The van der Waals surface area contributed by atoms with Crippen LogP contribution in [0.2, 0.25) is 0 Å². The average Bonchev–Trinajstić information content (AvgIpc) is 2.54. The maximum absolute atomic E-state index is 12.4. The van der Waals surface area contributed by atoms with E-state index in [4.69, 9.17) is 15.2 Å². The Morgan fingerprint density at radius 1 is 1.24 bits per heavy atom. The van der Waals surface area contributed by atoms with Crippen molar-refractivity contribution in [1.29, 1.82) is 0 Å². The summed E-state index contributed by atoms with van der Waals surface area (Å²) in [6, 6.07) is 7.47. The van der Waals surface area contributed by atoms with Crippen molar-refractivity contribution in [3.8, 4) is 17.0 Å². The summed E-state index contributed by atoms with van der Waals surface area (Å²) < 4.78 is 11.1. The van der Waals surface area contributed by atoms with Gasteiger partial charge in [0.05, 0.1) is 24.6 Å². The van der Waals surface area contributed by atoms with Crippen molar-refractivity contribution in [1.82, 2.24) is 9.97 Å². The van der Waals surface area contributed by atoms with Crippen LogP contribution in [0.4, 0.5) is 5.95 Å². The molecule has 0 unspecified atom stereocenters. The average molecular weight is 343 g/mol. The van der Waals surface area contributed by atoms with Gasteiger partial charge >= 0.3 is 5.97 Å². The molecule has 2 rings (SSSR count). The Hall–Kier alpha value is -2.63.